The highest BCUT2D eigenvalue weighted by molar-refractivity contribution is 6.31. The molecular weight excluding hydrogens is 241 g/mol. The van der Waals surface area contributed by atoms with Gasteiger partial charge in [-0.25, -0.2) is 4.39 Å². The summed E-state index contributed by atoms with van der Waals surface area (Å²) in [5, 5.41) is 12.6. The van der Waals surface area contributed by atoms with Crippen LogP contribution < -0.4 is 5.32 Å². The van der Waals surface area contributed by atoms with E-state index in [-0.39, 0.29) is 12.4 Å². The molecule has 0 aliphatic carbocycles. The van der Waals surface area contributed by atoms with Gasteiger partial charge in [-0.1, -0.05) is 31.0 Å². The van der Waals surface area contributed by atoms with Gasteiger partial charge in [0.1, 0.15) is 5.82 Å². The second-order valence-corrected chi connectivity index (χ2v) is 4.56. The summed E-state index contributed by atoms with van der Waals surface area (Å²) >= 11 is 5.92. The molecule has 1 aromatic carbocycles. The van der Waals surface area contributed by atoms with Gasteiger partial charge in [-0.3, -0.25) is 0 Å². The number of benzene rings is 1. The van der Waals surface area contributed by atoms with Crippen LogP contribution in [0.15, 0.2) is 18.2 Å². The molecule has 0 radical (unpaired) electrons. The van der Waals surface area contributed by atoms with Gasteiger partial charge in [-0.2, -0.15) is 0 Å². The Morgan fingerprint density at radius 2 is 2.24 bits per heavy atom. The van der Waals surface area contributed by atoms with E-state index in [9.17, 15) is 4.39 Å². The van der Waals surface area contributed by atoms with E-state index >= 15 is 0 Å². The molecule has 0 saturated carbocycles. The second-order valence-electron chi connectivity index (χ2n) is 4.15. The van der Waals surface area contributed by atoms with Crippen LogP contribution in [0.2, 0.25) is 5.02 Å². The first-order valence-electron chi connectivity index (χ1n) is 5.92. The van der Waals surface area contributed by atoms with E-state index in [0.717, 1.165) is 24.9 Å². The molecule has 2 nitrogen and oxygen atoms in total. The lowest BCUT2D eigenvalue weighted by molar-refractivity contribution is 0.251. The van der Waals surface area contributed by atoms with Crippen LogP contribution >= 0.6 is 11.6 Å². The van der Waals surface area contributed by atoms with Crippen LogP contribution in [0, 0.1) is 11.7 Å². The molecule has 1 aromatic rings. The minimum absolute atomic E-state index is 0.220. The number of aliphatic hydroxyl groups excluding tert-OH is 1. The number of rotatable bonds is 7. The topological polar surface area (TPSA) is 32.3 Å². The zero-order valence-corrected chi connectivity index (χ0v) is 10.8. The Hall–Kier alpha value is -0.640. The SMILES string of the molecule is CCC(CCO)CNCc1ccc(F)cc1Cl. The van der Waals surface area contributed by atoms with Crippen LogP contribution in [0.1, 0.15) is 25.3 Å². The average molecular weight is 260 g/mol. The van der Waals surface area contributed by atoms with Crippen molar-refractivity contribution in [2.45, 2.75) is 26.3 Å². The molecule has 96 valence electrons. The third-order valence-electron chi connectivity index (χ3n) is 2.88. The fourth-order valence-electron chi connectivity index (χ4n) is 1.71. The van der Waals surface area contributed by atoms with Crippen molar-refractivity contribution in [1.82, 2.24) is 5.32 Å². The predicted octanol–water partition coefficient (Wildman–Crippen LogP) is 2.98. The molecular formula is C13H19ClFNO. The highest BCUT2D eigenvalue weighted by atomic mass is 35.5. The van der Waals surface area contributed by atoms with Crippen molar-refractivity contribution in [3.05, 3.63) is 34.6 Å². The van der Waals surface area contributed by atoms with Crippen molar-refractivity contribution >= 4 is 11.6 Å². The van der Waals surface area contributed by atoms with Crippen molar-refractivity contribution in [3.8, 4) is 0 Å². The Morgan fingerprint density at radius 3 is 2.82 bits per heavy atom. The highest BCUT2D eigenvalue weighted by Gasteiger charge is 2.06. The minimum Gasteiger partial charge on any atom is -0.396 e. The van der Waals surface area contributed by atoms with E-state index in [1.165, 1.54) is 12.1 Å². The average Bonchev–Trinajstić information content (AvgIpc) is 2.30. The molecule has 2 N–H and O–H groups in total. The Kier molecular flexibility index (Phi) is 6.48. The maximum atomic E-state index is 12.8. The monoisotopic (exact) mass is 259 g/mol. The lowest BCUT2D eigenvalue weighted by Crippen LogP contribution is -2.23. The summed E-state index contributed by atoms with van der Waals surface area (Å²) in [6.45, 7) is 3.79. The van der Waals surface area contributed by atoms with Crippen molar-refractivity contribution in [1.29, 1.82) is 0 Å². The van der Waals surface area contributed by atoms with E-state index in [1.54, 1.807) is 6.07 Å². The van der Waals surface area contributed by atoms with E-state index in [4.69, 9.17) is 16.7 Å². The number of halogens is 2. The Labute approximate surface area is 107 Å². The second kappa shape index (κ2) is 7.64. The van der Waals surface area contributed by atoms with Gasteiger partial charge in [0.05, 0.1) is 0 Å². The normalized spacial score (nSPS) is 12.7. The Bertz CT molecular complexity index is 346. The van der Waals surface area contributed by atoms with Crippen LogP contribution in [-0.2, 0) is 6.54 Å². The third kappa shape index (κ3) is 5.02. The zero-order chi connectivity index (χ0) is 12.7. The summed E-state index contributed by atoms with van der Waals surface area (Å²) in [4.78, 5) is 0. The van der Waals surface area contributed by atoms with Crippen molar-refractivity contribution in [2.24, 2.45) is 5.92 Å². The van der Waals surface area contributed by atoms with Gasteiger partial charge in [0.25, 0.3) is 0 Å². The fraction of sp³-hybridized carbons (Fsp3) is 0.538. The summed E-state index contributed by atoms with van der Waals surface area (Å²) in [7, 11) is 0. The summed E-state index contributed by atoms with van der Waals surface area (Å²) in [5.41, 5.74) is 0.895. The maximum Gasteiger partial charge on any atom is 0.124 e. The molecule has 17 heavy (non-hydrogen) atoms. The van der Waals surface area contributed by atoms with E-state index in [2.05, 4.69) is 12.2 Å². The van der Waals surface area contributed by atoms with Crippen LogP contribution in [0.4, 0.5) is 4.39 Å². The number of aliphatic hydroxyl groups is 1. The summed E-state index contributed by atoms with van der Waals surface area (Å²) in [6, 6.07) is 4.43. The zero-order valence-electron chi connectivity index (χ0n) is 10.0. The highest BCUT2D eigenvalue weighted by Crippen LogP contribution is 2.17. The molecule has 0 aliphatic heterocycles. The van der Waals surface area contributed by atoms with E-state index < -0.39 is 0 Å². The molecule has 1 atom stereocenters. The van der Waals surface area contributed by atoms with Gasteiger partial charge >= 0.3 is 0 Å². The van der Waals surface area contributed by atoms with Crippen LogP contribution in [-0.4, -0.2) is 18.3 Å². The van der Waals surface area contributed by atoms with E-state index in [0.29, 0.717) is 17.5 Å². The van der Waals surface area contributed by atoms with Gasteiger partial charge < -0.3 is 10.4 Å². The summed E-state index contributed by atoms with van der Waals surface area (Å²) < 4.78 is 12.8. The molecule has 0 spiro atoms. The molecule has 0 aromatic heterocycles. The first-order chi connectivity index (χ1) is 8.17. The summed E-state index contributed by atoms with van der Waals surface area (Å²) in [5.74, 6) is 0.157. The lowest BCUT2D eigenvalue weighted by Gasteiger charge is -2.14. The molecule has 0 fully saturated rings. The van der Waals surface area contributed by atoms with Crippen molar-refractivity contribution < 1.29 is 9.50 Å². The molecule has 0 bridgehead atoms. The first kappa shape index (κ1) is 14.4. The van der Waals surface area contributed by atoms with E-state index in [1.807, 2.05) is 0 Å². The molecule has 1 unspecified atom stereocenters. The third-order valence-corrected chi connectivity index (χ3v) is 3.23. The Balaban J connectivity index is 2.39. The first-order valence-corrected chi connectivity index (χ1v) is 6.30. The molecule has 1 rings (SSSR count). The number of hydrogen-bond acceptors (Lipinski definition) is 2. The number of nitrogens with one attached hydrogen (secondary N) is 1. The molecule has 0 amide bonds. The van der Waals surface area contributed by atoms with Crippen LogP contribution in [0.25, 0.3) is 0 Å². The van der Waals surface area contributed by atoms with Gasteiger partial charge in [-0.15, -0.1) is 0 Å². The fourth-order valence-corrected chi connectivity index (χ4v) is 1.94. The summed E-state index contributed by atoms with van der Waals surface area (Å²) in [6.07, 6.45) is 1.84. The standard InChI is InChI=1S/C13H19ClFNO/c1-2-10(5-6-17)8-16-9-11-3-4-12(15)7-13(11)14/h3-4,7,10,16-17H,2,5-6,8-9H2,1H3. The maximum absolute atomic E-state index is 12.8. The molecule has 4 heteroatoms. The van der Waals surface area contributed by atoms with Gasteiger partial charge in [-0.05, 0) is 36.6 Å². The quantitative estimate of drug-likeness (QED) is 0.789. The lowest BCUT2D eigenvalue weighted by atomic mass is 10.0. The van der Waals surface area contributed by atoms with Crippen LogP contribution in [0.3, 0.4) is 0 Å². The smallest absolute Gasteiger partial charge is 0.124 e. The largest absolute Gasteiger partial charge is 0.396 e. The molecule has 0 heterocycles. The van der Waals surface area contributed by atoms with Crippen molar-refractivity contribution in [3.63, 3.8) is 0 Å². The van der Waals surface area contributed by atoms with Crippen LogP contribution in [0.5, 0.6) is 0 Å². The molecule has 0 saturated heterocycles. The number of hydrogen-bond donors (Lipinski definition) is 2. The van der Waals surface area contributed by atoms with Gasteiger partial charge in [0.15, 0.2) is 0 Å². The molecule has 0 aliphatic rings. The van der Waals surface area contributed by atoms with Gasteiger partial charge in [0.2, 0.25) is 0 Å². The predicted molar refractivity (Wildman–Crippen MR) is 68.6 cm³/mol. The van der Waals surface area contributed by atoms with Crippen molar-refractivity contribution in [2.75, 3.05) is 13.2 Å². The minimum atomic E-state index is -0.314. The Morgan fingerprint density at radius 1 is 1.47 bits per heavy atom. The van der Waals surface area contributed by atoms with Gasteiger partial charge in [0, 0.05) is 18.2 Å².